The van der Waals surface area contributed by atoms with Gasteiger partial charge in [-0.25, -0.2) is 4.98 Å². The van der Waals surface area contributed by atoms with Crippen LogP contribution in [0.2, 0.25) is 0 Å². The van der Waals surface area contributed by atoms with E-state index in [4.69, 9.17) is 15.2 Å². The number of aromatic nitrogens is 1. The molecule has 9 heteroatoms. The molecule has 0 spiro atoms. The number of carbonyl (C=O) groups excluding carboxylic acids is 2. The molecule has 1 aliphatic heterocycles. The Bertz CT molecular complexity index is 1030. The number of likely N-dealkylation sites (tertiary alicyclic amines) is 1. The first-order valence-corrected chi connectivity index (χ1v) is 12.0. The van der Waals surface area contributed by atoms with Crippen molar-refractivity contribution in [1.29, 1.82) is 0 Å². The Morgan fingerprint density at radius 2 is 2.06 bits per heavy atom. The molecule has 9 nitrogen and oxygen atoms in total. The number of benzene rings is 1. The van der Waals surface area contributed by atoms with Crippen molar-refractivity contribution in [3.63, 3.8) is 0 Å². The number of ether oxygens (including phenoxy) is 2. The number of pyridine rings is 1. The Morgan fingerprint density at radius 3 is 2.74 bits per heavy atom. The van der Waals surface area contributed by atoms with Crippen LogP contribution in [0.1, 0.15) is 37.4 Å². The molecule has 0 radical (unpaired) electrons. The molecule has 3 N–H and O–H groups in total. The fourth-order valence-corrected chi connectivity index (χ4v) is 4.35. The lowest BCUT2D eigenvalue weighted by molar-refractivity contribution is -0.149. The molecule has 0 bridgehead atoms. The fraction of sp³-hybridized carbons (Fsp3) is 0.500. The van der Waals surface area contributed by atoms with Gasteiger partial charge < -0.3 is 30.3 Å². The summed E-state index contributed by atoms with van der Waals surface area (Å²) in [5.74, 6) is -0.0680. The maximum Gasteiger partial charge on any atom is 0.313 e. The van der Waals surface area contributed by atoms with Crippen LogP contribution in [0.15, 0.2) is 36.5 Å². The zero-order valence-electron chi connectivity index (χ0n) is 21.3. The molecule has 1 aromatic heterocycles. The van der Waals surface area contributed by atoms with E-state index in [1.165, 1.54) is 6.20 Å². The average Bonchev–Trinajstić information content (AvgIpc) is 2.84. The minimum absolute atomic E-state index is 0.0289. The number of anilines is 2. The summed E-state index contributed by atoms with van der Waals surface area (Å²) in [4.78, 5) is 34.2. The van der Waals surface area contributed by atoms with E-state index in [0.29, 0.717) is 37.5 Å². The number of nitrogens with two attached hydrogens (primary N) is 1. The van der Waals surface area contributed by atoms with E-state index in [1.54, 1.807) is 18.1 Å². The number of aryl methyl sites for hydroxylation is 1. The first kappa shape index (κ1) is 26.4. The number of nitrogens with zero attached hydrogens (tertiary/aromatic N) is 3. The zero-order chi connectivity index (χ0) is 25.5. The van der Waals surface area contributed by atoms with Crippen LogP contribution in [-0.4, -0.2) is 73.6 Å². The van der Waals surface area contributed by atoms with E-state index >= 15 is 0 Å². The van der Waals surface area contributed by atoms with Crippen LogP contribution in [0.25, 0.3) is 0 Å². The number of nitrogens with one attached hydrogen (secondary N) is 1. The van der Waals surface area contributed by atoms with Crippen molar-refractivity contribution < 1.29 is 19.1 Å². The number of hydrogen-bond acceptors (Lipinski definition) is 7. The van der Waals surface area contributed by atoms with Gasteiger partial charge in [0.15, 0.2) is 0 Å². The zero-order valence-corrected chi connectivity index (χ0v) is 21.3. The van der Waals surface area contributed by atoms with E-state index in [0.717, 1.165) is 23.4 Å². The highest BCUT2D eigenvalue weighted by atomic mass is 16.5. The standard InChI is InChI=1S/C26H37N5O4/c1-6-18-12-20(15-28-24(18)27)29-25(32)26(33)31-16-17(2)23(34-5)14-22(31)19-8-7-9-21(13-19)35-11-10-30(3)4/h7-9,12-13,15,17,22-23H,6,10-11,14,16H2,1-5H3,(H2,27,28)(H,29,32)/t17-,22-,23-/m1/s1. The fourth-order valence-electron chi connectivity index (χ4n) is 4.35. The number of methoxy groups -OCH3 is 1. The molecule has 3 rings (SSSR count). The van der Waals surface area contributed by atoms with E-state index in [2.05, 4.69) is 15.2 Å². The first-order valence-electron chi connectivity index (χ1n) is 12.0. The molecular formula is C26H37N5O4. The predicted molar refractivity (Wildman–Crippen MR) is 136 cm³/mol. The number of hydrogen-bond donors (Lipinski definition) is 2. The maximum atomic E-state index is 13.4. The molecule has 3 atom stereocenters. The van der Waals surface area contributed by atoms with Crippen molar-refractivity contribution in [3.8, 4) is 5.75 Å². The Hall–Kier alpha value is -3.17. The van der Waals surface area contributed by atoms with Gasteiger partial charge in [0.1, 0.15) is 18.2 Å². The highest BCUT2D eigenvalue weighted by Gasteiger charge is 2.39. The summed E-state index contributed by atoms with van der Waals surface area (Å²) in [7, 11) is 5.67. The van der Waals surface area contributed by atoms with Gasteiger partial charge >= 0.3 is 11.8 Å². The SMILES string of the molecule is CCc1cc(NC(=O)C(=O)N2C[C@@H](C)[C@H](OC)C[C@@H]2c2cccc(OCCN(C)C)c2)cnc1N. The molecule has 190 valence electrons. The molecule has 0 aliphatic carbocycles. The van der Waals surface area contributed by atoms with E-state index in [-0.39, 0.29) is 18.1 Å². The molecule has 1 aliphatic rings. The predicted octanol–water partition coefficient (Wildman–Crippen LogP) is 2.73. The van der Waals surface area contributed by atoms with E-state index < -0.39 is 11.8 Å². The second kappa shape index (κ2) is 12.0. The van der Waals surface area contributed by atoms with Crippen molar-refractivity contribution in [2.45, 2.75) is 38.8 Å². The lowest BCUT2D eigenvalue weighted by Crippen LogP contribution is -2.50. The molecule has 0 saturated carbocycles. The summed E-state index contributed by atoms with van der Waals surface area (Å²) in [5.41, 5.74) is 8.03. The highest BCUT2D eigenvalue weighted by molar-refractivity contribution is 6.39. The third-order valence-corrected chi connectivity index (χ3v) is 6.40. The number of rotatable bonds is 8. The van der Waals surface area contributed by atoms with Gasteiger partial charge in [-0.05, 0) is 56.3 Å². The van der Waals surface area contributed by atoms with E-state index in [9.17, 15) is 9.59 Å². The number of amides is 2. The summed E-state index contributed by atoms with van der Waals surface area (Å²) >= 11 is 0. The van der Waals surface area contributed by atoms with Gasteiger partial charge in [0.05, 0.1) is 24.0 Å². The second-order valence-corrected chi connectivity index (χ2v) is 9.26. The summed E-state index contributed by atoms with van der Waals surface area (Å²) < 4.78 is 11.6. The second-order valence-electron chi connectivity index (χ2n) is 9.26. The summed E-state index contributed by atoms with van der Waals surface area (Å²) in [6.07, 6.45) is 2.69. The van der Waals surface area contributed by atoms with Gasteiger partial charge in [-0.3, -0.25) is 9.59 Å². The minimum Gasteiger partial charge on any atom is -0.492 e. The maximum absolute atomic E-state index is 13.4. The number of piperidine rings is 1. The monoisotopic (exact) mass is 483 g/mol. The molecule has 35 heavy (non-hydrogen) atoms. The quantitative estimate of drug-likeness (QED) is 0.556. The molecule has 2 heterocycles. The smallest absolute Gasteiger partial charge is 0.313 e. The lowest BCUT2D eigenvalue weighted by Gasteiger charge is -2.42. The normalized spacial score (nSPS) is 20.1. The Balaban J connectivity index is 1.81. The molecule has 1 aromatic carbocycles. The lowest BCUT2D eigenvalue weighted by atomic mass is 9.87. The van der Waals surface area contributed by atoms with Gasteiger partial charge in [0.25, 0.3) is 0 Å². The first-order chi connectivity index (χ1) is 16.7. The van der Waals surface area contributed by atoms with Gasteiger partial charge in [-0.15, -0.1) is 0 Å². The molecule has 2 amide bonds. The molecule has 2 aromatic rings. The van der Waals surface area contributed by atoms with Crippen LogP contribution >= 0.6 is 0 Å². The number of carbonyl (C=O) groups is 2. The van der Waals surface area contributed by atoms with Crippen molar-refractivity contribution >= 4 is 23.3 Å². The van der Waals surface area contributed by atoms with Crippen LogP contribution in [0.4, 0.5) is 11.5 Å². The van der Waals surface area contributed by atoms with Crippen LogP contribution in [-0.2, 0) is 20.7 Å². The molecule has 1 saturated heterocycles. The van der Waals surface area contributed by atoms with Crippen molar-refractivity contribution in [3.05, 3.63) is 47.7 Å². The third kappa shape index (κ3) is 6.70. The summed E-state index contributed by atoms with van der Waals surface area (Å²) in [6.45, 7) is 5.73. The molecule has 0 unspecified atom stereocenters. The third-order valence-electron chi connectivity index (χ3n) is 6.40. The Kier molecular flexibility index (Phi) is 9.06. The molecular weight excluding hydrogens is 446 g/mol. The number of nitrogen functional groups attached to an aromatic ring is 1. The van der Waals surface area contributed by atoms with Crippen LogP contribution in [0, 0.1) is 5.92 Å². The molecule has 1 fully saturated rings. The summed E-state index contributed by atoms with van der Waals surface area (Å²) in [6, 6.07) is 9.15. The van der Waals surface area contributed by atoms with Gasteiger partial charge in [-0.2, -0.15) is 0 Å². The van der Waals surface area contributed by atoms with Crippen LogP contribution in [0.5, 0.6) is 5.75 Å². The van der Waals surface area contributed by atoms with E-state index in [1.807, 2.05) is 52.2 Å². The van der Waals surface area contributed by atoms with Crippen molar-refractivity contribution in [2.75, 3.05) is 52.0 Å². The van der Waals surface area contributed by atoms with Crippen LogP contribution < -0.4 is 15.8 Å². The van der Waals surface area contributed by atoms with Gasteiger partial charge in [0, 0.05) is 26.1 Å². The van der Waals surface area contributed by atoms with Crippen molar-refractivity contribution in [2.24, 2.45) is 5.92 Å². The Labute approximate surface area is 207 Å². The number of likely N-dealkylation sites (N-methyl/N-ethyl adjacent to an activating group) is 1. The summed E-state index contributed by atoms with van der Waals surface area (Å²) in [5, 5.41) is 2.69. The highest BCUT2D eigenvalue weighted by Crippen LogP contribution is 2.36. The largest absolute Gasteiger partial charge is 0.492 e. The topological polar surface area (TPSA) is 110 Å². The van der Waals surface area contributed by atoms with Crippen molar-refractivity contribution in [1.82, 2.24) is 14.8 Å². The van der Waals surface area contributed by atoms with Gasteiger partial charge in [-0.1, -0.05) is 26.0 Å². The minimum atomic E-state index is -0.704. The average molecular weight is 484 g/mol. The van der Waals surface area contributed by atoms with Crippen LogP contribution in [0.3, 0.4) is 0 Å². The Morgan fingerprint density at radius 1 is 1.29 bits per heavy atom. The van der Waals surface area contributed by atoms with Gasteiger partial charge in [0.2, 0.25) is 0 Å².